The van der Waals surface area contributed by atoms with Gasteiger partial charge in [0.15, 0.2) is 6.29 Å². The second kappa shape index (κ2) is 8.19. The Morgan fingerprint density at radius 1 is 1.17 bits per heavy atom. The maximum absolute atomic E-state index is 10.1. The second-order valence-electron chi connectivity index (χ2n) is 4.06. The van der Waals surface area contributed by atoms with Gasteiger partial charge in [0.2, 0.25) is 0 Å². The van der Waals surface area contributed by atoms with Crippen LogP contribution >= 0.6 is 0 Å². The Balaban J connectivity index is 2.57. The van der Waals surface area contributed by atoms with Crippen LogP contribution in [-0.4, -0.2) is 35.7 Å². The van der Waals surface area contributed by atoms with Gasteiger partial charge in [-0.2, -0.15) is 0 Å². The third-order valence-corrected chi connectivity index (χ3v) is 2.69. The van der Waals surface area contributed by atoms with Crippen LogP contribution < -0.4 is 0 Å². The summed E-state index contributed by atoms with van der Waals surface area (Å²) in [5.74, 6) is 0. The quantitative estimate of drug-likeness (QED) is 0.719. The van der Waals surface area contributed by atoms with Gasteiger partial charge in [-0.1, -0.05) is 13.0 Å². The lowest BCUT2D eigenvalue weighted by molar-refractivity contribution is -0.189. The Labute approximate surface area is 109 Å². The van der Waals surface area contributed by atoms with Crippen LogP contribution in [0.1, 0.15) is 32.0 Å². The zero-order valence-corrected chi connectivity index (χ0v) is 11.4. The minimum Gasteiger partial charge on any atom is -0.387 e. The predicted octanol–water partition coefficient (Wildman–Crippen LogP) is 1.95. The summed E-state index contributed by atoms with van der Waals surface area (Å²) in [4.78, 5) is 4.32. The third-order valence-electron chi connectivity index (χ3n) is 2.69. The van der Waals surface area contributed by atoms with Crippen LogP contribution in [0.25, 0.3) is 0 Å². The van der Waals surface area contributed by atoms with Gasteiger partial charge >= 0.3 is 0 Å². The first-order valence-corrected chi connectivity index (χ1v) is 6.56. The number of aliphatic hydroxyl groups is 1. The summed E-state index contributed by atoms with van der Waals surface area (Å²) in [5, 5.41) is 10.1. The highest BCUT2D eigenvalue weighted by Gasteiger charge is 2.20. The molecule has 1 unspecified atom stereocenters. The predicted molar refractivity (Wildman–Crippen MR) is 70.4 cm³/mol. The van der Waals surface area contributed by atoms with Crippen molar-refractivity contribution < 1.29 is 14.6 Å². The number of aromatic nitrogens is 1. The molecule has 18 heavy (non-hydrogen) atoms. The van der Waals surface area contributed by atoms with E-state index in [0.717, 1.165) is 12.1 Å². The minimum absolute atomic E-state index is 0.439. The molecule has 0 aliphatic heterocycles. The highest BCUT2D eigenvalue weighted by atomic mass is 16.7. The maximum Gasteiger partial charge on any atom is 0.183 e. The highest BCUT2D eigenvalue weighted by Crippen LogP contribution is 2.09. The van der Waals surface area contributed by atoms with E-state index < -0.39 is 12.4 Å². The number of pyridine rings is 1. The van der Waals surface area contributed by atoms with Crippen LogP contribution in [-0.2, 0) is 22.3 Å². The van der Waals surface area contributed by atoms with Gasteiger partial charge in [-0.05, 0) is 31.9 Å². The van der Waals surface area contributed by atoms with E-state index in [2.05, 4.69) is 11.9 Å². The third kappa shape index (κ3) is 4.72. The van der Waals surface area contributed by atoms with Gasteiger partial charge in [-0.3, -0.25) is 4.98 Å². The Kier molecular flexibility index (Phi) is 6.86. The van der Waals surface area contributed by atoms with Crippen LogP contribution in [0.15, 0.2) is 18.3 Å². The van der Waals surface area contributed by atoms with Gasteiger partial charge in [-0.25, -0.2) is 0 Å². The lowest BCUT2D eigenvalue weighted by Gasteiger charge is -2.22. The van der Waals surface area contributed by atoms with Crippen molar-refractivity contribution in [1.82, 2.24) is 4.98 Å². The summed E-state index contributed by atoms with van der Waals surface area (Å²) in [7, 11) is 0. The second-order valence-corrected chi connectivity index (χ2v) is 4.06. The molecule has 0 fully saturated rings. The fourth-order valence-electron chi connectivity index (χ4n) is 1.69. The molecule has 0 aromatic carbocycles. The van der Waals surface area contributed by atoms with E-state index in [1.165, 1.54) is 5.56 Å². The summed E-state index contributed by atoms with van der Waals surface area (Å²) in [5.41, 5.74) is 2.04. The molecule has 1 heterocycles. The molecule has 1 N–H and O–H groups in total. The number of aliphatic hydroxyl groups excluding tert-OH is 1. The van der Waals surface area contributed by atoms with Crippen LogP contribution in [0.4, 0.5) is 0 Å². The summed E-state index contributed by atoms with van der Waals surface area (Å²) in [6.45, 7) is 6.89. The number of hydrogen-bond donors (Lipinski definition) is 1. The van der Waals surface area contributed by atoms with Gasteiger partial charge in [0.1, 0.15) is 6.10 Å². The van der Waals surface area contributed by atoms with E-state index in [-0.39, 0.29) is 0 Å². The lowest BCUT2D eigenvalue weighted by atomic mass is 10.1. The largest absolute Gasteiger partial charge is 0.387 e. The minimum atomic E-state index is -0.690. The Bertz CT molecular complexity index is 320. The summed E-state index contributed by atoms with van der Waals surface area (Å²) in [6, 6.07) is 3.97. The van der Waals surface area contributed by atoms with Gasteiger partial charge in [0.05, 0.1) is 0 Å². The lowest BCUT2D eigenvalue weighted by Crippen LogP contribution is -2.33. The zero-order valence-electron chi connectivity index (χ0n) is 11.4. The van der Waals surface area contributed by atoms with Crippen LogP contribution in [0, 0.1) is 0 Å². The molecule has 0 spiro atoms. The topological polar surface area (TPSA) is 51.6 Å². The molecule has 0 aliphatic carbocycles. The smallest absolute Gasteiger partial charge is 0.183 e. The number of aryl methyl sites for hydroxylation is 1. The first-order valence-electron chi connectivity index (χ1n) is 6.56. The van der Waals surface area contributed by atoms with Crippen LogP contribution in [0.3, 0.4) is 0 Å². The van der Waals surface area contributed by atoms with Crippen molar-refractivity contribution in [3.05, 3.63) is 29.6 Å². The van der Waals surface area contributed by atoms with E-state index in [9.17, 15) is 5.11 Å². The van der Waals surface area contributed by atoms with E-state index >= 15 is 0 Å². The zero-order chi connectivity index (χ0) is 13.4. The normalized spacial score (nSPS) is 12.9. The molecule has 0 aliphatic rings. The van der Waals surface area contributed by atoms with Crippen molar-refractivity contribution in [1.29, 1.82) is 0 Å². The fourth-order valence-corrected chi connectivity index (χ4v) is 1.69. The van der Waals surface area contributed by atoms with E-state index in [1.54, 1.807) is 0 Å². The molecule has 4 nitrogen and oxygen atoms in total. The van der Waals surface area contributed by atoms with Gasteiger partial charge in [0, 0.05) is 31.5 Å². The Morgan fingerprint density at radius 3 is 2.28 bits per heavy atom. The summed E-state index contributed by atoms with van der Waals surface area (Å²) >= 11 is 0. The molecule has 4 heteroatoms. The molecule has 102 valence electrons. The summed E-state index contributed by atoms with van der Waals surface area (Å²) in [6.07, 6.45) is 1.99. The number of nitrogens with zero attached hydrogens (tertiary/aromatic N) is 1. The average Bonchev–Trinajstić information content (AvgIpc) is 2.39. The van der Waals surface area contributed by atoms with Crippen LogP contribution in [0.2, 0.25) is 0 Å². The number of rotatable bonds is 8. The molecule has 0 saturated carbocycles. The molecule has 0 radical (unpaired) electrons. The average molecular weight is 253 g/mol. The molecular formula is C14H23NO3. The van der Waals surface area contributed by atoms with Crippen LogP contribution in [0.5, 0.6) is 0 Å². The van der Waals surface area contributed by atoms with Crippen molar-refractivity contribution in [3.8, 4) is 0 Å². The fraction of sp³-hybridized carbons (Fsp3) is 0.643. The molecule has 0 bridgehead atoms. The number of hydrogen-bond acceptors (Lipinski definition) is 4. The molecule has 1 aromatic rings. The van der Waals surface area contributed by atoms with Crippen molar-refractivity contribution in [2.24, 2.45) is 0 Å². The molecular weight excluding hydrogens is 230 g/mol. The summed E-state index contributed by atoms with van der Waals surface area (Å²) < 4.78 is 10.7. The molecule has 1 rings (SSSR count). The Morgan fingerprint density at radius 2 is 1.83 bits per heavy atom. The maximum atomic E-state index is 10.1. The first kappa shape index (κ1) is 15.1. The van der Waals surface area contributed by atoms with Crippen molar-refractivity contribution in [2.75, 3.05) is 13.2 Å². The van der Waals surface area contributed by atoms with Crippen molar-refractivity contribution in [2.45, 2.75) is 46.0 Å². The molecule has 1 aromatic heterocycles. The Hall–Kier alpha value is -0.970. The molecule has 0 amide bonds. The van der Waals surface area contributed by atoms with Gasteiger partial charge in [0.25, 0.3) is 0 Å². The van der Waals surface area contributed by atoms with Gasteiger partial charge in [-0.15, -0.1) is 0 Å². The monoisotopic (exact) mass is 253 g/mol. The highest BCUT2D eigenvalue weighted by molar-refractivity contribution is 5.14. The SMILES string of the molecule is CCOC(OCC)C(O)Cc1ccc(CC)cn1. The standard InChI is InChI=1S/C14H23NO3/c1-4-11-7-8-12(15-10-11)9-13(16)14(17-5-2)18-6-3/h7-8,10,13-14,16H,4-6,9H2,1-3H3. The van der Waals surface area contributed by atoms with Crippen molar-refractivity contribution in [3.63, 3.8) is 0 Å². The van der Waals surface area contributed by atoms with Gasteiger partial charge < -0.3 is 14.6 Å². The van der Waals surface area contributed by atoms with Crippen molar-refractivity contribution >= 4 is 0 Å². The first-order chi connectivity index (χ1) is 8.71. The van der Waals surface area contributed by atoms with E-state index in [1.807, 2.05) is 32.2 Å². The molecule has 0 saturated heterocycles. The van der Waals surface area contributed by atoms with E-state index in [0.29, 0.717) is 19.6 Å². The van der Waals surface area contributed by atoms with E-state index in [4.69, 9.17) is 9.47 Å². The molecule has 1 atom stereocenters. The number of ether oxygens (including phenoxy) is 2.